The van der Waals surface area contributed by atoms with Gasteiger partial charge in [0.1, 0.15) is 5.76 Å². The van der Waals surface area contributed by atoms with Crippen molar-refractivity contribution in [3.8, 4) is 0 Å². The first kappa shape index (κ1) is 15.8. The van der Waals surface area contributed by atoms with Crippen LogP contribution in [0, 0.1) is 5.92 Å². The largest absolute Gasteiger partial charge is 0.467 e. The fourth-order valence-corrected chi connectivity index (χ4v) is 2.72. The van der Waals surface area contributed by atoms with Crippen LogP contribution in [0.15, 0.2) is 53.1 Å². The van der Waals surface area contributed by atoms with Gasteiger partial charge in [-0.05, 0) is 23.6 Å². The van der Waals surface area contributed by atoms with Gasteiger partial charge in [-0.3, -0.25) is 0 Å². The molecule has 1 aromatic carbocycles. The quantitative estimate of drug-likeness (QED) is 0.777. The van der Waals surface area contributed by atoms with Gasteiger partial charge in [-0.15, -0.1) is 0 Å². The molecule has 3 nitrogen and oxygen atoms in total. The minimum atomic E-state index is -0.332. The maximum atomic E-state index is 10.3. The van der Waals surface area contributed by atoms with E-state index in [0.29, 0.717) is 12.5 Å². The summed E-state index contributed by atoms with van der Waals surface area (Å²) in [6.45, 7) is 4.81. The summed E-state index contributed by atoms with van der Waals surface area (Å²) in [6, 6.07) is 14.0. The van der Waals surface area contributed by atoms with E-state index in [1.165, 1.54) is 0 Å². The Morgan fingerprint density at radius 3 is 2.33 bits per heavy atom. The second-order valence-electron chi connectivity index (χ2n) is 5.41. The number of rotatable bonds is 8. The Hall–Kier alpha value is -1.58. The van der Waals surface area contributed by atoms with E-state index in [1.807, 2.05) is 30.3 Å². The van der Waals surface area contributed by atoms with Crippen molar-refractivity contribution in [2.75, 3.05) is 6.54 Å². The van der Waals surface area contributed by atoms with Crippen molar-refractivity contribution in [2.45, 2.75) is 38.8 Å². The molecule has 0 amide bonds. The lowest BCUT2D eigenvalue weighted by atomic mass is 9.96. The molecule has 0 aliphatic rings. The van der Waals surface area contributed by atoms with Crippen LogP contribution in [0.2, 0.25) is 0 Å². The molecule has 0 aliphatic carbocycles. The van der Waals surface area contributed by atoms with Crippen LogP contribution in [0.25, 0.3) is 0 Å². The zero-order valence-corrected chi connectivity index (χ0v) is 12.8. The van der Waals surface area contributed by atoms with Gasteiger partial charge in [0.2, 0.25) is 0 Å². The van der Waals surface area contributed by atoms with Crippen molar-refractivity contribution in [1.82, 2.24) is 5.32 Å². The van der Waals surface area contributed by atoms with Gasteiger partial charge in [-0.1, -0.05) is 57.0 Å². The van der Waals surface area contributed by atoms with Crippen molar-refractivity contribution < 1.29 is 9.52 Å². The molecule has 2 rings (SSSR count). The number of benzene rings is 1. The third-order valence-electron chi connectivity index (χ3n) is 4.08. The molecule has 0 spiro atoms. The van der Waals surface area contributed by atoms with Crippen molar-refractivity contribution >= 4 is 0 Å². The van der Waals surface area contributed by atoms with Crippen LogP contribution >= 0.6 is 0 Å². The molecule has 0 saturated carbocycles. The summed E-state index contributed by atoms with van der Waals surface area (Å²) in [5.74, 6) is 1.21. The van der Waals surface area contributed by atoms with Gasteiger partial charge in [0.05, 0.1) is 18.4 Å². The Labute approximate surface area is 127 Å². The fourth-order valence-electron chi connectivity index (χ4n) is 2.72. The van der Waals surface area contributed by atoms with E-state index in [0.717, 1.165) is 24.2 Å². The molecule has 1 aromatic heterocycles. The predicted molar refractivity (Wildman–Crippen MR) is 85.1 cm³/mol. The molecular formula is C18H25NO2. The molecule has 3 heteroatoms. The predicted octanol–water partition coefficient (Wildman–Crippen LogP) is 3.76. The number of nitrogens with one attached hydrogen (secondary N) is 1. The van der Waals surface area contributed by atoms with Gasteiger partial charge < -0.3 is 14.8 Å². The number of hydrogen-bond donors (Lipinski definition) is 2. The van der Waals surface area contributed by atoms with Gasteiger partial charge >= 0.3 is 0 Å². The third kappa shape index (κ3) is 4.19. The lowest BCUT2D eigenvalue weighted by Gasteiger charge is -2.24. The Bertz CT molecular complexity index is 491. The minimum Gasteiger partial charge on any atom is -0.467 e. The lowest BCUT2D eigenvalue weighted by Crippen LogP contribution is -2.35. The molecule has 1 heterocycles. The van der Waals surface area contributed by atoms with Crippen molar-refractivity contribution in [3.63, 3.8) is 0 Å². The normalized spacial score (nSPS) is 14.3. The molecule has 0 fully saturated rings. The van der Waals surface area contributed by atoms with Gasteiger partial charge in [-0.2, -0.15) is 0 Å². The Morgan fingerprint density at radius 1 is 1.05 bits per heavy atom. The first-order valence-electron chi connectivity index (χ1n) is 7.76. The van der Waals surface area contributed by atoms with Crippen molar-refractivity contribution in [3.05, 3.63) is 60.1 Å². The molecular weight excluding hydrogens is 262 g/mol. The third-order valence-corrected chi connectivity index (χ3v) is 4.08. The zero-order chi connectivity index (χ0) is 15.1. The molecule has 2 aromatic rings. The van der Waals surface area contributed by atoms with Gasteiger partial charge in [0.15, 0.2) is 0 Å². The second kappa shape index (κ2) is 8.01. The van der Waals surface area contributed by atoms with Crippen LogP contribution in [0.4, 0.5) is 0 Å². The van der Waals surface area contributed by atoms with Gasteiger partial charge in [0.25, 0.3) is 0 Å². The fraction of sp³-hybridized carbons (Fsp3) is 0.444. The smallest absolute Gasteiger partial charge is 0.125 e. The summed E-state index contributed by atoms with van der Waals surface area (Å²) >= 11 is 0. The number of hydrogen-bond acceptors (Lipinski definition) is 3. The molecule has 0 saturated heterocycles. The Balaban J connectivity index is 2.08. The van der Waals surface area contributed by atoms with E-state index in [4.69, 9.17) is 4.42 Å². The maximum Gasteiger partial charge on any atom is 0.125 e. The van der Waals surface area contributed by atoms with Gasteiger partial charge in [-0.25, -0.2) is 0 Å². The highest BCUT2D eigenvalue weighted by atomic mass is 16.3. The zero-order valence-electron chi connectivity index (χ0n) is 12.8. The van der Waals surface area contributed by atoms with Crippen LogP contribution in [0.1, 0.15) is 44.1 Å². The second-order valence-corrected chi connectivity index (χ2v) is 5.41. The Morgan fingerprint density at radius 2 is 1.76 bits per heavy atom. The Kier molecular flexibility index (Phi) is 6.03. The van der Waals surface area contributed by atoms with Crippen LogP contribution in [0.3, 0.4) is 0 Å². The number of aliphatic hydroxyl groups is 1. The van der Waals surface area contributed by atoms with E-state index in [2.05, 4.69) is 31.3 Å². The van der Waals surface area contributed by atoms with Crippen molar-refractivity contribution in [2.24, 2.45) is 5.92 Å². The summed E-state index contributed by atoms with van der Waals surface area (Å²) in [6.07, 6.45) is 3.34. The number of aliphatic hydroxyl groups excluding tert-OH is 1. The SMILES string of the molecule is CCC(CC)C(O)CNC(c1ccccc1)c1ccco1. The lowest BCUT2D eigenvalue weighted by molar-refractivity contribution is 0.0988. The molecule has 0 aliphatic heterocycles. The van der Waals surface area contributed by atoms with E-state index >= 15 is 0 Å². The summed E-state index contributed by atoms with van der Waals surface area (Å²) in [4.78, 5) is 0. The summed E-state index contributed by atoms with van der Waals surface area (Å²) in [7, 11) is 0. The van der Waals surface area contributed by atoms with Crippen LogP contribution in [-0.2, 0) is 0 Å². The summed E-state index contributed by atoms with van der Waals surface area (Å²) in [5.41, 5.74) is 1.14. The van der Waals surface area contributed by atoms with Gasteiger partial charge in [0, 0.05) is 6.54 Å². The highest BCUT2D eigenvalue weighted by molar-refractivity contribution is 5.26. The molecule has 2 atom stereocenters. The van der Waals surface area contributed by atoms with E-state index < -0.39 is 0 Å². The average Bonchev–Trinajstić information content (AvgIpc) is 3.04. The molecule has 0 radical (unpaired) electrons. The number of furan rings is 1. The van der Waals surface area contributed by atoms with E-state index in [9.17, 15) is 5.11 Å². The highest BCUT2D eigenvalue weighted by Gasteiger charge is 2.20. The molecule has 2 unspecified atom stereocenters. The molecule has 0 bridgehead atoms. The maximum absolute atomic E-state index is 10.3. The van der Waals surface area contributed by atoms with E-state index in [1.54, 1.807) is 6.26 Å². The molecule has 2 N–H and O–H groups in total. The molecule has 114 valence electrons. The highest BCUT2D eigenvalue weighted by Crippen LogP contribution is 2.23. The van der Waals surface area contributed by atoms with Crippen molar-refractivity contribution in [1.29, 1.82) is 0 Å². The van der Waals surface area contributed by atoms with E-state index in [-0.39, 0.29) is 12.1 Å². The topological polar surface area (TPSA) is 45.4 Å². The standard InChI is InChI=1S/C18H25NO2/c1-3-14(4-2)16(20)13-19-18(17-11-8-12-21-17)15-9-6-5-7-10-15/h5-12,14,16,18-20H,3-4,13H2,1-2H3. The van der Waals surface area contributed by atoms with Crippen LogP contribution in [-0.4, -0.2) is 17.8 Å². The summed E-state index contributed by atoms with van der Waals surface area (Å²) < 4.78 is 5.55. The van der Waals surface area contributed by atoms with Crippen LogP contribution in [0.5, 0.6) is 0 Å². The monoisotopic (exact) mass is 287 g/mol. The summed E-state index contributed by atoms with van der Waals surface area (Å²) in [5, 5.41) is 13.8. The minimum absolute atomic E-state index is 0.0230. The molecule has 21 heavy (non-hydrogen) atoms. The first-order valence-corrected chi connectivity index (χ1v) is 7.76. The first-order chi connectivity index (χ1) is 10.3. The average molecular weight is 287 g/mol. The van der Waals surface area contributed by atoms with Crippen LogP contribution < -0.4 is 5.32 Å².